The fourth-order valence-corrected chi connectivity index (χ4v) is 3.53. The van der Waals surface area contributed by atoms with Gasteiger partial charge in [-0.25, -0.2) is 9.78 Å². The summed E-state index contributed by atoms with van der Waals surface area (Å²) in [7, 11) is 0. The van der Waals surface area contributed by atoms with Crippen LogP contribution < -0.4 is 11.0 Å². The third-order valence-corrected chi connectivity index (χ3v) is 5.01. The van der Waals surface area contributed by atoms with Crippen molar-refractivity contribution in [2.75, 3.05) is 11.1 Å². The van der Waals surface area contributed by atoms with E-state index in [0.29, 0.717) is 23.3 Å². The normalized spacial score (nSPS) is 11.0. The SMILES string of the molecule is O=C(CSc1nccn1Cc1ccccc1)Nc1ccc2[nH]c(=O)[nH]c2c1. The van der Waals surface area contributed by atoms with Gasteiger partial charge in [-0.15, -0.1) is 0 Å². The molecule has 7 nitrogen and oxygen atoms in total. The number of nitrogens with zero attached hydrogens (tertiary/aromatic N) is 2. The van der Waals surface area contributed by atoms with Crippen molar-refractivity contribution in [2.24, 2.45) is 0 Å². The van der Waals surface area contributed by atoms with Crippen molar-refractivity contribution >= 4 is 34.4 Å². The maximum atomic E-state index is 12.3. The first-order chi connectivity index (χ1) is 13.2. The Morgan fingerprint density at radius 1 is 1.11 bits per heavy atom. The standard InChI is InChI=1S/C19H17N5O2S/c25-17(21-14-6-7-15-16(10-14)23-18(26)22-15)12-27-19-20-8-9-24(19)11-13-4-2-1-3-5-13/h1-10H,11-12H2,(H,21,25)(H2,22,23,26). The highest BCUT2D eigenvalue weighted by Gasteiger charge is 2.09. The number of hydrogen-bond acceptors (Lipinski definition) is 4. The van der Waals surface area contributed by atoms with Crippen molar-refractivity contribution in [3.8, 4) is 0 Å². The van der Waals surface area contributed by atoms with Crippen molar-refractivity contribution in [3.63, 3.8) is 0 Å². The van der Waals surface area contributed by atoms with Crippen LogP contribution in [0, 0.1) is 0 Å². The first kappa shape index (κ1) is 17.2. The number of thioether (sulfide) groups is 1. The summed E-state index contributed by atoms with van der Waals surface area (Å²) in [6.45, 7) is 0.711. The van der Waals surface area contributed by atoms with Crippen LogP contribution in [0.15, 0.2) is 70.9 Å². The highest BCUT2D eigenvalue weighted by atomic mass is 32.2. The zero-order chi connectivity index (χ0) is 18.6. The second kappa shape index (κ2) is 7.55. The van der Waals surface area contributed by atoms with Gasteiger partial charge in [-0.1, -0.05) is 42.1 Å². The summed E-state index contributed by atoms with van der Waals surface area (Å²) >= 11 is 1.38. The molecule has 0 aliphatic rings. The van der Waals surface area contributed by atoms with E-state index in [-0.39, 0.29) is 17.3 Å². The van der Waals surface area contributed by atoms with Gasteiger partial charge in [-0.2, -0.15) is 0 Å². The maximum absolute atomic E-state index is 12.3. The topological polar surface area (TPSA) is 95.6 Å². The molecular formula is C19H17N5O2S. The molecule has 0 atom stereocenters. The number of anilines is 1. The number of amides is 1. The van der Waals surface area contributed by atoms with Gasteiger partial charge in [-0.05, 0) is 23.8 Å². The molecule has 3 N–H and O–H groups in total. The Labute approximate surface area is 158 Å². The summed E-state index contributed by atoms with van der Waals surface area (Å²) < 4.78 is 2.02. The zero-order valence-corrected chi connectivity index (χ0v) is 15.1. The Balaban J connectivity index is 1.38. The lowest BCUT2D eigenvalue weighted by Crippen LogP contribution is -2.14. The van der Waals surface area contributed by atoms with Crippen molar-refractivity contribution in [3.05, 3.63) is 77.0 Å². The van der Waals surface area contributed by atoms with Crippen molar-refractivity contribution < 1.29 is 4.79 Å². The van der Waals surface area contributed by atoms with Crippen molar-refractivity contribution in [1.29, 1.82) is 0 Å². The van der Waals surface area contributed by atoms with E-state index in [0.717, 1.165) is 5.16 Å². The van der Waals surface area contributed by atoms with Gasteiger partial charge in [0.1, 0.15) is 0 Å². The quantitative estimate of drug-likeness (QED) is 0.449. The van der Waals surface area contributed by atoms with Gasteiger partial charge >= 0.3 is 5.69 Å². The Bertz CT molecular complexity index is 1130. The Morgan fingerprint density at radius 2 is 1.93 bits per heavy atom. The molecule has 2 aromatic heterocycles. The van der Waals surface area contributed by atoms with Gasteiger partial charge in [0.25, 0.3) is 0 Å². The van der Waals surface area contributed by atoms with Crippen LogP contribution in [-0.2, 0) is 11.3 Å². The molecule has 0 aliphatic carbocycles. The summed E-state index contributed by atoms with van der Waals surface area (Å²) in [5.41, 5.74) is 2.90. The number of rotatable bonds is 6. The van der Waals surface area contributed by atoms with Gasteiger partial charge < -0.3 is 19.9 Å². The minimum absolute atomic E-state index is 0.133. The molecule has 0 aliphatic heterocycles. The van der Waals surface area contributed by atoms with Gasteiger partial charge in [0, 0.05) is 24.6 Å². The third kappa shape index (κ3) is 4.12. The van der Waals surface area contributed by atoms with E-state index < -0.39 is 0 Å². The number of carbonyl (C=O) groups is 1. The molecule has 0 spiro atoms. The van der Waals surface area contributed by atoms with Crippen LogP contribution in [0.4, 0.5) is 5.69 Å². The number of aromatic nitrogens is 4. The van der Waals surface area contributed by atoms with Crippen LogP contribution >= 0.6 is 11.8 Å². The minimum Gasteiger partial charge on any atom is -0.325 e. The number of hydrogen-bond donors (Lipinski definition) is 3. The first-order valence-electron chi connectivity index (χ1n) is 8.37. The Kier molecular flexibility index (Phi) is 4.80. The lowest BCUT2D eigenvalue weighted by molar-refractivity contribution is -0.113. The van der Waals surface area contributed by atoms with Crippen LogP contribution in [0.3, 0.4) is 0 Å². The zero-order valence-electron chi connectivity index (χ0n) is 14.3. The third-order valence-electron chi connectivity index (χ3n) is 4.01. The molecule has 2 aromatic carbocycles. The summed E-state index contributed by atoms with van der Waals surface area (Å²) in [5.74, 6) is 0.111. The second-order valence-corrected chi connectivity index (χ2v) is 6.94. The number of nitrogens with one attached hydrogen (secondary N) is 3. The number of imidazole rings is 2. The fourth-order valence-electron chi connectivity index (χ4n) is 2.77. The van der Waals surface area contributed by atoms with Crippen LogP contribution in [-0.4, -0.2) is 31.2 Å². The largest absolute Gasteiger partial charge is 0.325 e. The summed E-state index contributed by atoms with van der Waals surface area (Å²) in [5, 5.41) is 3.63. The molecule has 4 rings (SSSR count). The summed E-state index contributed by atoms with van der Waals surface area (Å²) in [6.07, 6.45) is 3.64. The van der Waals surface area contributed by atoms with Gasteiger partial charge in [-0.3, -0.25) is 4.79 Å². The van der Waals surface area contributed by atoms with Crippen molar-refractivity contribution in [1.82, 2.24) is 19.5 Å². The van der Waals surface area contributed by atoms with E-state index in [2.05, 4.69) is 32.4 Å². The van der Waals surface area contributed by atoms with E-state index in [1.165, 1.54) is 17.3 Å². The smallest absolute Gasteiger partial charge is 0.323 e. The molecule has 8 heteroatoms. The highest BCUT2D eigenvalue weighted by molar-refractivity contribution is 7.99. The molecule has 136 valence electrons. The average molecular weight is 379 g/mol. The van der Waals surface area contributed by atoms with E-state index >= 15 is 0 Å². The summed E-state index contributed by atoms with van der Waals surface area (Å²) in [4.78, 5) is 33.3. The monoisotopic (exact) mass is 379 g/mol. The molecule has 2 heterocycles. The van der Waals surface area contributed by atoms with Crippen molar-refractivity contribution in [2.45, 2.75) is 11.7 Å². The molecule has 0 saturated carbocycles. The molecule has 0 unspecified atom stereocenters. The number of H-pyrrole nitrogens is 2. The molecule has 4 aromatic rings. The van der Waals surface area contributed by atoms with E-state index in [1.54, 1.807) is 24.4 Å². The van der Waals surface area contributed by atoms with Gasteiger partial charge in [0.15, 0.2) is 5.16 Å². The van der Waals surface area contributed by atoms with Crippen LogP contribution in [0.5, 0.6) is 0 Å². The number of fused-ring (bicyclic) bond motifs is 1. The molecule has 27 heavy (non-hydrogen) atoms. The fraction of sp³-hybridized carbons (Fsp3) is 0.105. The van der Waals surface area contributed by atoms with Gasteiger partial charge in [0.05, 0.1) is 16.8 Å². The molecule has 0 fully saturated rings. The van der Waals surface area contributed by atoms with Gasteiger partial charge in [0.2, 0.25) is 5.91 Å². The predicted octanol–water partition coefficient (Wildman–Crippen LogP) is 2.83. The Hall–Kier alpha value is -3.26. The van der Waals surface area contributed by atoms with Crippen LogP contribution in [0.2, 0.25) is 0 Å². The lowest BCUT2D eigenvalue weighted by Gasteiger charge is -2.08. The summed E-state index contributed by atoms with van der Waals surface area (Å²) in [6, 6.07) is 15.3. The maximum Gasteiger partial charge on any atom is 0.323 e. The molecular weight excluding hydrogens is 362 g/mol. The average Bonchev–Trinajstić information content (AvgIpc) is 3.25. The number of carbonyl (C=O) groups excluding carboxylic acids is 1. The van der Waals surface area contributed by atoms with E-state index in [4.69, 9.17) is 0 Å². The molecule has 0 radical (unpaired) electrons. The van der Waals surface area contributed by atoms with E-state index in [1.807, 2.05) is 29.0 Å². The van der Waals surface area contributed by atoms with Crippen LogP contribution in [0.1, 0.15) is 5.56 Å². The number of benzene rings is 2. The predicted molar refractivity (Wildman–Crippen MR) is 106 cm³/mol. The van der Waals surface area contributed by atoms with Crippen LogP contribution in [0.25, 0.3) is 11.0 Å². The minimum atomic E-state index is -0.269. The molecule has 0 saturated heterocycles. The molecule has 1 amide bonds. The number of aromatic amines is 2. The second-order valence-electron chi connectivity index (χ2n) is 6.00. The highest BCUT2D eigenvalue weighted by Crippen LogP contribution is 2.19. The first-order valence-corrected chi connectivity index (χ1v) is 9.36. The lowest BCUT2D eigenvalue weighted by atomic mass is 10.2. The van der Waals surface area contributed by atoms with E-state index in [9.17, 15) is 9.59 Å². The Morgan fingerprint density at radius 3 is 2.78 bits per heavy atom. The molecule has 0 bridgehead atoms.